The topological polar surface area (TPSA) is 104 Å². The van der Waals surface area contributed by atoms with Gasteiger partial charge in [0, 0.05) is 12.1 Å². The molecule has 7 nitrogen and oxygen atoms in total. The summed E-state index contributed by atoms with van der Waals surface area (Å²) in [5.41, 5.74) is 5.11. The number of hydrogen-bond acceptors (Lipinski definition) is 3. The largest absolute Gasteiger partial charge is 0.480 e. The third-order valence-corrected chi connectivity index (χ3v) is 2.87. The van der Waals surface area contributed by atoms with Crippen molar-refractivity contribution in [2.24, 2.45) is 5.73 Å². The molecule has 3 N–H and O–H groups in total. The minimum atomic E-state index is -1.09. The van der Waals surface area contributed by atoms with Crippen LogP contribution in [0.15, 0.2) is 0 Å². The first-order valence-corrected chi connectivity index (χ1v) is 6.28. The maximum Gasteiger partial charge on any atom is 0.323 e. The van der Waals surface area contributed by atoms with E-state index in [0.717, 1.165) is 0 Å². The molecule has 19 heavy (non-hydrogen) atoms. The molecule has 0 aromatic carbocycles. The smallest absolute Gasteiger partial charge is 0.323 e. The average molecular weight is 273 g/mol. The Hall–Kier alpha value is -1.79. The lowest BCUT2D eigenvalue weighted by Crippen LogP contribution is -2.53. The Morgan fingerprint density at radius 1 is 1.11 bits per heavy atom. The molecular weight excluding hydrogens is 250 g/mol. The number of primary amides is 1. The van der Waals surface area contributed by atoms with E-state index in [2.05, 4.69) is 0 Å². The van der Waals surface area contributed by atoms with Gasteiger partial charge in [0.05, 0.1) is 0 Å². The molecule has 110 valence electrons. The number of carbonyl (C=O) groups is 3. The van der Waals surface area contributed by atoms with Gasteiger partial charge in [-0.3, -0.25) is 9.59 Å². The second-order valence-corrected chi connectivity index (χ2v) is 4.75. The van der Waals surface area contributed by atoms with Crippen LogP contribution in [-0.4, -0.2) is 58.0 Å². The molecule has 0 saturated heterocycles. The molecule has 0 radical (unpaired) electrons. The lowest BCUT2D eigenvalue weighted by atomic mass is 10.2. The van der Waals surface area contributed by atoms with Crippen molar-refractivity contribution >= 4 is 17.9 Å². The van der Waals surface area contributed by atoms with Gasteiger partial charge < -0.3 is 20.6 Å². The number of urea groups is 1. The summed E-state index contributed by atoms with van der Waals surface area (Å²) in [5, 5.41) is 8.88. The first-order valence-electron chi connectivity index (χ1n) is 6.28. The van der Waals surface area contributed by atoms with Crippen LogP contribution in [0.4, 0.5) is 4.79 Å². The summed E-state index contributed by atoms with van der Waals surface area (Å²) in [4.78, 5) is 36.7. The Balaban J connectivity index is 5.11. The van der Waals surface area contributed by atoms with Gasteiger partial charge in [0.2, 0.25) is 5.91 Å². The molecule has 1 atom stereocenters. The standard InChI is InChI=1S/C12H23N3O4/c1-5-9(4)15(7-11(17)18)12(19)14(8(2)3)6-10(13)16/h8-9H,5-7H2,1-4H3,(H2,13,16)(H,17,18). The SMILES string of the molecule is CCC(C)N(CC(=O)O)C(=O)N(CC(N)=O)C(C)C. The van der Waals surface area contributed by atoms with Gasteiger partial charge in [-0.2, -0.15) is 0 Å². The van der Waals surface area contributed by atoms with Crippen LogP contribution in [0.5, 0.6) is 0 Å². The van der Waals surface area contributed by atoms with Crippen molar-refractivity contribution < 1.29 is 19.5 Å². The fraction of sp³-hybridized carbons (Fsp3) is 0.750. The molecule has 0 saturated carbocycles. The molecule has 1 unspecified atom stereocenters. The third-order valence-electron chi connectivity index (χ3n) is 2.87. The van der Waals surface area contributed by atoms with Crippen molar-refractivity contribution in [3.8, 4) is 0 Å². The summed E-state index contributed by atoms with van der Waals surface area (Å²) >= 11 is 0. The molecular formula is C12H23N3O4. The summed E-state index contributed by atoms with van der Waals surface area (Å²) < 4.78 is 0. The zero-order valence-electron chi connectivity index (χ0n) is 11.9. The molecule has 0 aliphatic carbocycles. The zero-order chi connectivity index (χ0) is 15.2. The second-order valence-electron chi connectivity index (χ2n) is 4.75. The molecule has 3 amide bonds. The van der Waals surface area contributed by atoms with Crippen LogP contribution in [0.2, 0.25) is 0 Å². The Kier molecular flexibility index (Phi) is 6.89. The Morgan fingerprint density at radius 3 is 1.95 bits per heavy atom. The molecule has 0 aliphatic rings. The number of carbonyl (C=O) groups excluding carboxylic acids is 2. The maximum absolute atomic E-state index is 12.3. The average Bonchev–Trinajstić information content (AvgIpc) is 2.30. The number of nitrogens with zero attached hydrogens (tertiary/aromatic N) is 2. The zero-order valence-corrected chi connectivity index (χ0v) is 11.9. The number of aliphatic carboxylic acids is 1. The number of hydrogen-bond donors (Lipinski definition) is 2. The Labute approximate surface area is 113 Å². The molecule has 0 aliphatic heterocycles. The predicted octanol–water partition coefficient (Wildman–Crippen LogP) is 0.487. The molecule has 0 aromatic heterocycles. The number of carboxylic acids is 1. The van der Waals surface area contributed by atoms with E-state index in [1.54, 1.807) is 20.8 Å². The third kappa shape index (κ3) is 5.58. The Morgan fingerprint density at radius 2 is 1.63 bits per heavy atom. The van der Waals surface area contributed by atoms with Gasteiger partial charge in [-0.1, -0.05) is 6.92 Å². The number of amides is 3. The van der Waals surface area contributed by atoms with Crippen molar-refractivity contribution in [3.05, 3.63) is 0 Å². The lowest BCUT2D eigenvalue weighted by Gasteiger charge is -2.34. The number of rotatable bonds is 7. The van der Waals surface area contributed by atoms with Crippen molar-refractivity contribution in [2.45, 2.75) is 46.2 Å². The lowest BCUT2D eigenvalue weighted by molar-refractivity contribution is -0.138. The van der Waals surface area contributed by atoms with Gasteiger partial charge in [0.25, 0.3) is 0 Å². The summed E-state index contributed by atoms with van der Waals surface area (Å²) in [6, 6.07) is -0.941. The van der Waals surface area contributed by atoms with Crippen molar-refractivity contribution in [1.82, 2.24) is 9.80 Å². The van der Waals surface area contributed by atoms with E-state index in [1.807, 2.05) is 6.92 Å². The first kappa shape index (κ1) is 17.2. The van der Waals surface area contributed by atoms with E-state index in [0.29, 0.717) is 6.42 Å². The van der Waals surface area contributed by atoms with Crippen LogP contribution < -0.4 is 5.73 Å². The van der Waals surface area contributed by atoms with Crippen LogP contribution in [0.1, 0.15) is 34.1 Å². The van der Waals surface area contributed by atoms with E-state index in [1.165, 1.54) is 9.80 Å². The molecule has 0 fully saturated rings. The van der Waals surface area contributed by atoms with E-state index < -0.39 is 24.5 Å². The highest BCUT2D eigenvalue weighted by molar-refractivity contribution is 5.85. The fourth-order valence-electron chi connectivity index (χ4n) is 1.58. The summed E-state index contributed by atoms with van der Waals surface area (Å²) in [6.45, 7) is 6.51. The van der Waals surface area contributed by atoms with E-state index in [-0.39, 0.29) is 18.6 Å². The van der Waals surface area contributed by atoms with Crippen LogP contribution in [0, 0.1) is 0 Å². The minimum absolute atomic E-state index is 0.219. The number of carboxylic acid groups (broad SMARTS) is 1. The highest BCUT2D eigenvalue weighted by Gasteiger charge is 2.28. The number of nitrogens with two attached hydrogens (primary N) is 1. The maximum atomic E-state index is 12.3. The molecule has 0 aromatic rings. The summed E-state index contributed by atoms with van der Waals surface area (Å²) in [7, 11) is 0. The quantitative estimate of drug-likeness (QED) is 0.704. The first-order chi connectivity index (χ1) is 8.70. The van der Waals surface area contributed by atoms with Gasteiger partial charge >= 0.3 is 12.0 Å². The molecule has 0 rings (SSSR count). The molecule has 0 spiro atoms. The Bertz CT molecular complexity index is 344. The van der Waals surface area contributed by atoms with Crippen LogP contribution >= 0.6 is 0 Å². The van der Waals surface area contributed by atoms with Gasteiger partial charge in [-0.25, -0.2) is 4.79 Å². The second kappa shape index (κ2) is 7.60. The van der Waals surface area contributed by atoms with E-state index in [9.17, 15) is 14.4 Å². The van der Waals surface area contributed by atoms with Gasteiger partial charge in [0.15, 0.2) is 0 Å². The summed E-state index contributed by atoms with van der Waals surface area (Å²) in [6.07, 6.45) is 0.627. The highest BCUT2D eigenvalue weighted by atomic mass is 16.4. The van der Waals surface area contributed by atoms with E-state index >= 15 is 0 Å². The normalized spacial score (nSPS) is 12.1. The van der Waals surface area contributed by atoms with Crippen molar-refractivity contribution in [3.63, 3.8) is 0 Å². The summed E-state index contributed by atoms with van der Waals surface area (Å²) in [5.74, 6) is -1.71. The molecule has 7 heteroatoms. The van der Waals surface area contributed by atoms with Gasteiger partial charge in [-0.05, 0) is 27.2 Å². The van der Waals surface area contributed by atoms with Crippen LogP contribution in [0.25, 0.3) is 0 Å². The monoisotopic (exact) mass is 273 g/mol. The molecule has 0 heterocycles. The fourth-order valence-corrected chi connectivity index (χ4v) is 1.58. The predicted molar refractivity (Wildman–Crippen MR) is 70.5 cm³/mol. The van der Waals surface area contributed by atoms with Crippen molar-refractivity contribution in [2.75, 3.05) is 13.1 Å². The van der Waals surface area contributed by atoms with Crippen LogP contribution in [0.3, 0.4) is 0 Å². The molecule has 0 bridgehead atoms. The van der Waals surface area contributed by atoms with E-state index in [4.69, 9.17) is 10.8 Å². The highest BCUT2D eigenvalue weighted by Crippen LogP contribution is 2.10. The van der Waals surface area contributed by atoms with Crippen LogP contribution in [-0.2, 0) is 9.59 Å². The van der Waals surface area contributed by atoms with Crippen molar-refractivity contribution in [1.29, 1.82) is 0 Å². The van der Waals surface area contributed by atoms with Gasteiger partial charge in [-0.15, -0.1) is 0 Å². The minimum Gasteiger partial charge on any atom is -0.480 e. The van der Waals surface area contributed by atoms with Gasteiger partial charge in [0.1, 0.15) is 13.1 Å².